The first-order valence-electron chi connectivity index (χ1n) is 6.87. The van der Waals surface area contributed by atoms with E-state index in [9.17, 15) is 9.59 Å². The molecule has 1 atom stereocenters. The molecule has 0 aromatic heterocycles. The number of carbonyl (C=O) groups is 2. The highest BCUT2D eigenvalue weighted by atomic mass is 16.5. The molecule has 1 unspecified atom stereocenters. The molecule has 0 aliphatic carbocycles. The van der Waals surface area contributed by atoms with E-state index in [0.29, 0.717) is 25.8 Å². The number of ether oxygens (including phenoxy) is 1. The molecule has 1 heterocycles. The number of methoxy groups -OCH3 is 1. The maximum atomic E-state index is 11.8. The SMILES string of the molecule is COc1ccccc1CCC(=O)NCC1CCC(=O)N1. The Morgan fingerprint density at radius 1 is 1.45 bits per heavy atom. The second-order valence-electron chi connectivity index (χ2n) is 4.92. The van der Waals surface area contributed by atoms with Crippen LogP contribution < -0.4 is 15.4 Å². The summed E-state index contributed by atoms with van der Waals surface area (Å²) in [7, 11) is 1.63. The zero-order chi connectivity index (χ0) is 14.4. The van der Waals surface area contributed by atoms with Gasteiger partial charge >= 0.3 is 0 Å². The lowest BCUT2D eigenvalue weighted by Gasteiger charge is -2.12. The minimum atomic E-state index is -0.00273. The highest BCUT2D eigenvalue weighted by Crippen LogP contribution is 2.18. The van der Waals surface area contributed by atoms with Crippen molar-refractivity contribution in [1.82, 2.24) is 10.6 Å². The topological polar surface area (TPSA) is 67.4 Å². The van der Waals surface area contributed by atoms with E-state index in [1.807, 2.05) is 24.3 Å². The van der Waals surface area contributed by atoms with Crippen molar-refractivity contribution < 1.29 is 14.3 Å². The lowest BCUT2D eigenvalue weighted by molar-refractivity contribution is -0.122. The van der Waals surface area contributed by atoms with Crippen LogP contribution in [-0.2, 0) is 16.0 Å². The van der Waals surface area contributed by atoms with Gasteiger partial charge in [-0.15, -0.1) is 0 Å². The molecule has 2 rings (SSSR count). The summed E-state index contributed by atoms with van der Waals surface area (Å²) >= 11 is 0. The van der Waals surface area contributed by atoms with Crippen LogP contribution in [0.1, 0.15) is 24.8 Å². The minimum absolute atomic E-state index is 0.00273. The molecule has 1 aliphatic rings. The number of aryl methyl sites for hydroxylation is 1. The van der Waals surface area contributed by atoms with Crippen molar-refractivity contribution in [3.05, 3.63) is 29.8 Å². The second-order valence-corrected chi connectivity index (χ2v) is 4.92. The Kier molecular flexibility index (Phi) is 4.98. The number of nitrogens with one attached hydrogen (secondary N) is 2. The van der Waals surface area contributed by atoms with E-state index in [-0.39, 0.29) is 17.9 Å². The van der Waals surface area contributed by atoms with Crippen LogP contribution in [0.5, 0.6) is 5.75 Å². The van der Waals surface area contributed by atoms with Crippen LogP contribution >= 0.6 is 0 Å². The molecule has 1 aromatic rings. The maximum Gasteiger partial charge on any atom is 0.220 e. The number of rotatable bonds is 6. The molecule has 1 fully saturated rings. The predicted octanol–water partition coefficient (Wildman–Crippen LogP) is 1.02. The van der Waals surface area contributed by atoms with Gasteiger partial charge in [-0.2, -0.15) is 0 Å². The van der Waals surface area contributed by atoms with Crippen LogP contribution in [0, 0.1) is 0 Å². The first-order valence-corrected chi connectivity index (χ1v) is 6.87. The van der Waals surface area contributed by atoms with Gasteiger partial charge in [0, 0.05) is 25.4 Å². The molecule has 2 amide bonds. The van der Waals surface area contributed by atoms with Crippen LogP contribution in [0.15, 0.2) is 24.3 Å². The summed E-state index contributed by atoms with van der Waals surface area (Å²) in [6, 6.07) is 7.78. The first-order chi connectivity index (χ1) is 9.69. The summed E-state index contributed by atoms with van der Waals surface area (Å²) in [5, 5.41) is 5.69. The molecule has 0 spiro atoms. The molecule has 2 N–H and O–H groups in total. The van der Waals surface area contributed by atoms with Gasteiger partial charge in [-0.3, -0.25) is 9.59 Å². The van der Waals surface area contributed by atoms with Crippen molar-refractivity contribution in [1.29, 1.82) is 0 Å². The normalized spacial score (nSPS) is 17.6. The molecular formula is C15H20N2O3. The zero-order valence-corrected chi connectivity index (χ0v) is 11.6. The molecule has 0 saturated carbocycles. The fraction of sp³-hybridized carbons (Fsp3) is 0.467. The maximum absolute atomic E-state index is 11.8. The number of para-hydroxylation sites is 1. The average molecular weight is 276 g/mol. The van der Waals surface area contributed by atoms with Crippen LogP contribution in [-0.4, -0.2) is 31.5 Å². The Bertz CT molecular complexity index is 488. The average Bonchev–Trinajstić information content (AvgIpc) is 2.89. The van der Waals surface area contributed by atoms with Crippen LogP contribution in [0.2, 0.25) is 0 Å². The van der Waals surface area contributed by atoms with Crippen LogP contribution in [0.25, 0.3) is 0 Å². The fourth-order valence-corrected chi connectivity index (χ4v) is 2.31. The van der Waals surface area contributed by atoms with E-state index >= 15 is 0 Å². The quantitative estimate of drug-likeness (QED) is 0.815. The zero-order valence-electron chi connectivity index (χ0n) is 11.6. The van der Waals surface area contributed by atoms with Crippen molar-refractivity contribution in [2.24, 2.45) is 0 Å². The Balaban J connectivity index is 1.73. The Morgan fingerprint density at radius 3 is 2.95 bits per heavy atom. The van der Waals surface area contributed by atoms with Crippen molar-refractivity contribution in [3.63, 3.8) is 0 Å². The standard InChI is InChI=1S/C15H20N2O3/c1-20-13-5-3-2-4-11(13)6-8-14(18)16-10-12-7-9-15(19)17-12/h2-5,12H,6-10H2,1H3,(H,16,18)(H,17,19). The van der Waals surface area contributed by atoms with E-state index in [1.165, 1.54) is 0 Å². The summed E-state index contributed by atoms with van der Waals surface area (Å²) in [4.78, 5) is 22.8. The first kappa shape index (κ1) is 14.4. The van der Waals surface area contributed by atoms with Crippen molar-refractivity contribution in [3.8, 4) is 5.75 Å². The fourth-order valence-electron chi connectivity index (χ4n) is 2.31. The Hall–Kier alpha value is -2.04. The third kappa shape index (κ3) is 3.98. The van der Waals surface area contributed by atoms with Gasteiger partial charge in [-0.05, 0) is 24.5 Å². The molecule has 1 saturated heterocycles. The smallest absolute Gasteiger partial charge is 0.220 e. The minimum Gasteiger partial charge on any atom is -0.496 e. The van der Waals surface area contributed by atoms with Gasteiger partial charge in [0.25, 0.3) is 0 Å². The van der Waals surface area contributed by atoms with Gasteiger partial charge in [0.2, 0.25) is 11.8 Å². The molecule has 5 heteroatoms. The highest BCUT2D eigenvalue weighted by molar-refractivity contribution is 5.79. The van der Waals surface area contributed by atoms with Gasteiger partial charge in [-0.1, -0.05) is 18.2 Å². The summed E-state index contributed by atoms with van der Waals surface area (Å²) in [5.41, 5.74) is 1.03. The summed E-state index contributed by atoms with van der Waals surface area (Å²) in [6.45, 7) is 0.510. The summed E-state index contributed by atoms with van der Waals surface area (Å²) < 4.78 is 5.25. The molecule has 1 aliphatic heterocycles. The molecule has 0 bridgehead atoms. The van der Waals surface area contributed by atoms with E-state index in [0.717, 1.165) is 17.7 Å². The van der Waals surface area contributed by atoms with E-state index < -0.39 is 0 Å². The monoisotopic (exact) mass is 276 g/mol. The largest absolute Gasteiger partial charge is 0.496 e. The predicted molar refractivity (Wildman–Crippen MR) is 75.5 cm³/mol. The van der Waals surface area contributed by atoms with Gasteiger partial charge < -0.3 is 15.4 Å². The van der Waals surface area contributed by atoms with E-state index in [4.69, 9.17) is 4.74 Å². The number of benzene rings is 1. The summed E-state index contributed by atoms with van der Waals surface area (Å²) in [5.74, 6) is 0.874. The van der Waals surface area contributed by atoms with Gasteiger partial charge in [0.1, 0.15) is 5.75 Å². The molecule has 20 heavy (non-hydrogen) atoms. The Labute approximate surface area is 118 Å². The molecule has 108 valence electrons. The number of carbonyl (C=O) groups excluding carboxylic acids is 2. The van der Waals surface area contributed by atoms with Gasteiger partial charge in [0.15, 0.2) is 0 Å². The molecule has 1 aromatic carbocycles. The highest BCUT2D eigenvalue weighted by Gasteiger charge is 2.20. The van der Waals surface area contributed by atoms with Crippen LogP contribution in [0.3, 0.4) is 0 Å². The van der Waals surface area contributed by atoms with Crippen LogP contribution in [0.4, 0.5) is 0 Å². The molecular weight excluding hydrogens is 256 g/mol. The van der Waals surface area contributed by atoms with Crippen molar-refractivity contribution in [2.75, 3.05) is 13.7 Å². The van der Waals surface area contributed by atoms with Crippen molar-refractivity contribution in [2.45, 2.75) is 31.7 Å². The van der Waals surface area contributed by atoms with E-state index in [2.05, 4.69) is 10.6 Å². The number of amides is 2. The lowest BCUT2D eigenvalue weighted by Crippen LogP contribution is -2.38. The molecule has 0 radical (unpaired) electrons. The second kappa shape index (κ2) is 6.93. The van der Waals surface area contributed by atoms with Crippen molar-refractivity contribution >= 4 is 11.8 Å². The third-order valence-electron chi connectivity index (χ3n) is 3.44. The third-order valence-corrected chi connectivity index (χ3v) is 3.44. The van der Waals surface area contributed by atoms with Gasteiger partial charge in [-0.25, -0.2) is 0 Å². The lowest BCUT2D eigenvalue weighted by atomic mass is 10.1. The number of hydrogen-bond acceptors (Lipinski definition) is 3. The van der Waals surface area contributed by atoms with E-state index in [1.54, 1.807) is 7.11 Å². The Morgan fingerprint density at radius 2 is 2.25 bits per heavy atom. The molecule has 5 nitrogen and oxygen atoms in total. The summed E-state index contributed by atoms with van der Waals surface area (Å²) in [6.07, 6.45) is 2.42. The number of hydrogen-bond donors (Lipinski definition) is 2. The van der Waals surface area contributed by atoms with Gasteiger partial charge in [0.05, 0.1) is 7.11 Å².